The van der Waals surface area contributed by atoms with Gasteiger partial charge in [-0.15, -0.1) is 0 Å². The molecule has 0 unspecified atom stereocenters. The van der Waals surface area contributed by atoms with Crippen molar-refractivity contribution < 1.29 is 14.3 Å². The van der Waals surface area contributed by atoms with Crippen LogP contribution in [0.3, 0.4) is 0 Å². The minimum absolute atomic E-state index is 0.104. The Morgan fingerprint density at radius 2 is 2.08 bits per heavy atom. The number of halogens is 1. The first-order valence-electron chi connectivity index (χ1n) is 4.12. The van der Waals surface area contributed by atoms with E-state index in [2.05, 4.69) is 0 Å². The second-order valence-corrected chi connectivity index (χ2v) is 3.32. The van der Waals surface area contributed by atoms with Gasteiger partial charge in [-0.2, -0.15) is 0 Å². The Morgan fingerprint density at radius 3 is 2.54 bits per heavy atom. The number of carbonyl (C=O) groups is 1. The SMILES string of the molecule is O=C(O)[C@H]1C[C@]1(F)c1ccccc1. The lowest BCUT2D eigenvalue weighted by molar-refractivity contribution is -0.139. The third kappa shape index (κ3) is 1.20. The second-order valence-electron chi connectivity index (χ2n) is 3.32. The van der Waals surface area contributed by atoms with E-state index in [1.807, 2.05) is 0 Å². The van der Waals surface area contributed by atoms with Gasteiger partial charge < -0.3 is 5.11 Å². The van der Waals surface area contributed by atoms with Crippen LogP contribution in [0.2, 0.25) is 0 Å². The van der Waals surface area contributed by atoms with Crippen molar-refractivity contribution in [3.63, 3.8) is 0 Å². The van der Waals surface area contributed by atoms with Crippen molar-refractivity contribution in [1.29, 1.82) is 0 Å². The molecule has 2 atom stereocenters. The summed E-state index contributed by atoms with van der Waals surface area (Å²) in [6, 6.07) is 8.47. The third-order valence-corrected chi connectivity index (χ3v) is 2.45. The molecule has 0 aliphatic heterocycles. The van der Waals surface area contributed by atoms with E-state index >= 15 is 0 Å². The highest BCUT2D eigenvalue weighted by atomic mass is 19.1. The number of rotatable bonds is 2. The van der Waals surface area contributed by atoms with Crippen LogP contribution < -0.4 is 0 Å². The van der Waals surface area contributed by atoms with Crippen molar-refractivity contribution in [3.8, 4) is 0 Å². The van der Waals surface area contributed by atoms with Crippen LogP contribution in [0.4, 0.5) is 4.39 Å². The minimum atomic E-state index is -1.62. The molecule has 2 nitrogen and oxygen atoms in total. The molecular weight excluding hydrogens is 171 g/mol. The molecule has 0 saturated heterocycles. The molecule has 3 heteroatoms. The topological polar surface area (TPSA) is 37.3 Å². The summed E-state index contributed by atoms with van der Waals surface area (Å²) in [5.74, 6) is -1.90. The van der Waals surface area contributed by atoms with Gasteiger partial charge in [-0.3, -0.25) is 4.79 Å². The first-order chi connectivity index (χ1) is 6.14. The van der Waals surface area contributed by atoms with Crippen molar-refractivity contribution in [1.82, 2.24) is 0 Å². The predicted molar refractivity (Wildman–Crippen MR) is 45.0 cm³/mol. The van der Waals surface area contributed by atoms with Crippen LogP contribution >= 0.6 is 0 Å². The van der Waals surface area contributed by atoms with Crippen LogP contribution in [0.5, 0.6) is 0 Å². The molecule has 1 aromatic carbocycles. The van der Waals surface area contributed by atoms with Gasteiger partial charge in [0.2, 0.25) is 0 Å². The largest absolute Gasteiger partial charge is 0.481 e. The van der Waals surface area contributed by atoms with E-state index < -0.39 is 17.6 Å². The molecule has 1 fully saturated rings. The predicted octanol–water partition coefficient (Wildman–Crippen LogP) is 1.96. The van der Waals surface area contributed by atoms with Gasteiger partial charge in [0, 0.05) is 6.42 Å². The molecule has 13 heavy (non-hydrogen) atoms. The van der Waals surface area contributed by atoms with Gasteiger partial charge in [-0.1, -0.05) is 30.3 Å². The van der Waals surface area contributed by atoms with E-state index in [1.54, 1.807) is 30.3 Å². The summed E-state index contributed by atoms with van der Waals surface area (Å²) < 4.78 is 13.8. The summed E-state index contributed by atoms with van der Waals surface area (Å²) in [5.41, 5.74) is -1.14. The van der Waals surface area contributed by atoms with E-state index in [4.69, 9.17) is 5.11 Å². The highest BCUT2D eigenvalue weighted by Gasteiger charge is 2.61. The normalized spacial score (nSPS) is 31.3. The lowest BCUT2D eigenvalue weighted by Gasteiger charge is -2.04. The lowest BCUT2D eigenvalue weighted by Crippen LogP contribution is -2.09. The van der Waals surface area contributed by atoms with Crippen LogP contribution in [0, 0.1) is 5.92 Å². The molecule has 1 aliphatic carbocycles. The smallest absolute Gasteiger partial charge is 0.310 e. The quantitative estimate of drug-likeness (QED) is 0.755. The second kappa shape index (κ2) is 2.55. The Hall–Kier alpha value is -1.38. The van der Waals surface area contributed by atoms with Crippen LogP contribution in [0.1, 0.15) is 12.0 Å². The van der Waals surface area contributed by atoms with Gasteiger partial charge in [0.1, 0.15) is 5.67 Å². The molecule has 0 spiro atoms. The van der Waals surface area contributed by atoms with Crippen LogP contribution in [-0.2, 0) is 10.5 Å². The summed E-state index contributed by atoms with van der Waals surface area (Å²) in [6.07, 6.45) is 0.104. The monoisotopic (exact) mass is 180 g/mol. The van der Waals surface area contributed by atoms with E-state index in [0.29, 0.717) is 5.56 Å². The average molecular weight is 180 g/mol. The molecule has 1 aliphatic rings. The average Bonchev–Trinajstić information content (AvgIpc) is 2.82. The van der Waals surface area contributed by atoms with Gasteiger partial charge in [0.05, 0.1) is 5.92 Å². The Balaban J connectivity index is 2.25. The maximum absolute atomic E-state index is 13.8. The van der Waals surface area contributed by atoms with Gasteiger partial charge in [-0.25, -0.2) is 4.39 Å². The number of alkyl halides is 1. The van der Waals surface area contributed by atoms with Crippen molar-refractivity contribution in [2.24, 2.45) is 5.92 Å². The Morgan fingerprint density at radius 1 is 1.46 bits per heavy atom. The zero-order chi connectivity index (χ0) is 9.47. The minimum Gasteiger partial charge on any atom is -0.481 e. The maximum Gasteiger partial charge on any atom is 0.310 e. The highest BCUT2D eigenvalue weighted by Crippen LogP contribution is 2.55. The van der Waals surface area contributed by atoms with Crippen LogP contribution in [0.25, 0.3) is 0 Å². The lowest BCUT2D eigenvalue weighted by atomic mass is 10.1. The number of carboxylic acids is 1. The van der Waals surface area contributed by atoms with Gasteiger partial charge in [0.15, 0.2) is 0 Å². The Kier molecular flexibility index (Phi) is 1.62. The van der Waals surface area contributed by atoms with Crippen molar-refractivity contribution in [3.05, 3.63) is 35.9 Å². The fourth-order valence-electron chi connectivity index (χ4n) is 1.56. The number of hydrogen-bond donors (Lipinski definition) is 1. The maximum atomic E-state index is 13.8. The number of carboxylic acid groups (broad SMARTS) is 1. The summed E-state index contributed by atoms with van der Waals surface area (Å²) >= 11 is 0. The summed E-state index contributed by atoms with van der Waals surface area (Å²) in [5, 5.41) is 8.61. The van der Waals surface area contributed by atoms with E-state index in [1.165, 1.54) is 0 Å². The van der Waals surface area contributed by atoms with Gasteiger partial charge in [0.25, 0.3) is 0 Å². The first kappa shape index (κ1) is 8.23. The molecule has 0 aromatic heterocycles. The molecular formula is C10H9FO2. The molecule has 1 saturated carbocycles. The molecule has 0 amide bonds. The molecule has 0 bridgehead atoms. The molecule has 1 N–H and O–H groups in total. The fraction of sp³-hybridized carbons (Fsp3) is 0.300. The zero-order valence-corrected chi connectivity index (χ0v) is 6.90. The van der Waals surface area contributed by atoms with Gasteiger partial charge >= 0.3 is 5.97 Å². The van der Waals surface area contributed by atoms with Gasteiger partial charge in [-0.05, 0) is 5.56 Å². The molecule has 68 valence electrons. The van der Waals surface area contributed by atoms with E-state index in [0.717, 1.165) is 0 Å². The highest BCUT2D eigenvalue weighted by molar-refractivity contribution is 5.76. The van der Waals surface area contributed by atoms with E-state index in [-0.39, 0.29) is 6.42 Å². The van der Waals surface area contributed by atoms with E-state index in [9.17, 15) is 9.18 Å². The van der Waals surface area contributed by atoms with Crippen LogP contribution in [0.15, 0.2) is 30.3 Å². The van der Waals surface area contributed by atoms with Crippen LogP contribution in [-0.4, -0.2) is 11.1 Å². The molecule has 0 heterocycles. The molecule has 2 rings (SSSR count). The van der Waals surface area contributed by atoms with Crippen molar-refractivity contribution in [2.45, 2.75) is 12.1 Å². The third-order valence-electron chi connectivity index (χ3n) is 2.45. The number of hydrogen-bond acceptors (Lipinski definition) is 1. The standard InChI is InChI=1S/C10H9FO2/c11-10(6-8(10)9(12)13)7-4-2-1-3-5-7/h1-5,8H,6H2,(H,12,13)/t8-,10+/m1/s1. The van der Waals surface area contributed by atoms with Crippen molar-refractivity contribution in [2.75, 3.05) is 0 Å². The zero-order valence-electron chi connectivity index (χ0n) is 6.90. The first-order valence-corrected chi connectivity index (χ1v) is 4.12. The summed E-state index contributed by atoms with van der Waals surface area (Å²) in [6.45, 7) is 0. The number of aliphatic carboxylic acids is 1. The fourth-order valence-corrected chi connectivity index (χ4v) is 1.56. The summed E-state index contributed by atoms with van der Waals surface area (Å²) in [4.78, 5) is 10.5. The summed E-state index contributed by atoms with van der Waals surface area (Å²) in [7, 11) is 0. The Labute approximate surface area is 75.0 Å². The van der Waals surface area contributed by atoms with Crippen molar-refractivity contribution >= 4 is 5.97 Å². The number of benzene rings is 1. The molecule has 1 aromatic rings. The molecule has 0 radical (unpaired) electrons. The Bertz CT molecular complexity index is 336.